The number of aromatic amines is 1. The van der Waals surface area contributed by atoms with Crippen LogP contribution in [0.4, 0.5) is 8.78 Å². The molecule has 90 valence electrons. The van der Waals surface area contributed by atoms with E-state index in [2.05, 4.69) is 15.5 Å². The van der Waals surface area contributed by atoms with Crippen LogP contribution < -0.4 is 5.32 Å². The van der Waals surface area contributed by atoms with Gasteiger partial charge in [-0.2, -0.15) is 5.10 Å². The highest BCUT2D eigenvalue weighted by atomic mass is 19.2. The lowest BCUT2D eigenvalue weighted by Gasteiger charge is -2.05. The predicted molar refractivity (Wildman–Crippen MR) is 60.2 cm³/mol. The minimum atomic E-state index is -0.816. The zero-order chi connectivity index (χ0) is 12.3. The molecule has 0 aliphatic heterocycles. The van der Waals surface area contributed by atoms with Crippen LogP contribution in [0.5, 0.6) is 0 Å². The molecular weight excluding hydrogens is 224 g/mol. The Hall–Kier alpha value is -1.75. The molecule has 2 aromatic rings. The van der Waals surface area contributed by atoms with Gasteiger partial charge in [-0.15, -0.1) is 0 Å². The minimum absolute atomic E-state index is 0.286. The lowest BCUT2D eigenvalue weighted by Crippen LogP contribution is -2.14. The lowest BCUT2D eigenvalue weighted by atomic mass is 10.2. The van der Waals surface area contributed by atoms with E-state index in [0.717, 1.165) is 17.3 Å². The SMILES string of the molecule is Cc1[nH]ncc1CNCc1cccc(F)c1F. The van der Waals surface area contributed by atoms with Crippen molar-refractivity contribution in [2.45, 2.75) is 20.0 Å². The second-order valence-corrected chi connectivity index (χ2v) is 3.84. The van der Waals surface area contributed by atoms with Gasteiger partial charge in [-0.3, -0.25) is 5.10 Å². The molecule has 5 heteroatoms. The topological polar surface area (TPSA) is 40.7 Å². The normalized spacial score (nSPS) is 10.8. The average molecular weight is 237 g/mol. The summed E-state index contributed by atoms with van der Waals surface area (Å²) in [5, 5.41) is 9.74. The van der Waals surface area contributed by atoms with E-state index in [-0.39, 0.29) is 6.54 Å². The van der Waals surface area contributed by atoms with E-state index in [1.165, 1.54) is 6.07 Å². The average Bonchev–Trinajstić information content (AvgIpc) is 2.71. The number of nitrogens with zero attached hydrogens (tertiary/aromatic N) is 1. The number of halogens is 2. The van der Waals surface area contributed by atoms with Crippen LogP contribution in [0.15, 0.2) is 24.4 Å². The van der Waals surface area contributed by atoms with Crippen LogP contribution in [0.1, 0.15) is 16.8 Å². The van der Waals surface area contributed by atoms with Crippen molar-refractivity contribution in [1.82, 2.24) is 15.5 Å². The Morgan fingerprint density at radius 3 is 2.71 bits per heavy atom. The zero-order valence-electron chi connectivity index (χ0n) is 9.43. The van der Waals surface area contributed by atoms with Crippen molar-refractivity contribution in [3.05, 3.63) is 52.9 Å². The van der Waals surface area contributed by atoms with Crippen LogP contribution >= 0.6 is 0 Å². The van der Waals surface area contributed by atoms with Crippen LogP contribution in [-0.2, 0) is 13.1 Å². The fourth-order valence-electron chi connectivity index (χ4n) is 1.57. The van der Waals surface area contributed by atoms with Gasteiger partial charge in [0.1, 0.15) is 0 Å². The Morgan fingerprint density at radius 1 is 1.24 bits per heavy atom. The third-order valence-corrected chi connectivity index (χ3v) is 2.60. The number of nitrogens with one attached hydrogen (secondary N) is 2. The molecule has 3 nitrogen and oxygen atoms in total. The summed E-state index contributed by atoms with van der Waals surface area (Å²) in [6, 6.07) is 4.17. The molecule has 2 rings (SSSR count). The highest BCUT2D eigenvalue weighted by Crippen LogP contribution is 2.11. The molecule has 0 saturated carbocycles. The summed E-state index contributed by atoms with van der Waals surface area (Å²) < 4.78 is 26.2. The molecule has 1 heterocycles. The molecule has 17 heavy (non-hydrogen) atoms. The van der Waals surface area contributed by atoms with E-state index in [4.69, 9.17) is 0 Å². The summed E-state index contributed by atoms with van der Waals surface area (Å²) in [6.45, 7) is 2.76. The maximum Gasteiger partial charge on any atom is 0.163 e. The molecule has 1 aromatic carbocycles. The molecule has 0 bridgehead atoms. The highest BCUT2D eigenvalue weighted by Gasteiger charge is 2.07. The monoisotopic (exact) mass is 237 g/mol. The first-order valence-corrected chi connectivity index (χ1v) is 5.31. The molecule has 1 aromatic heterocycles. The molecule has 0 aliphatic carbocycles. The maximum atomic E-state index is 13.3. The van der Waals surface area contributed by atoms with E-state index < -0.39 is 11.6 Å². The third kappa shape index (κ3) is 2.68. The molecule has 2 N–H and O–H groups in total. The molecule has 0 fully saturated rings. The first-order valence-electron chi connectivity index (χ1n) is 5.31. The smallest absolute Gasteiger partial charge is 0.163 e. The van der Waals surface area contributed by atoms with E-state index in [1.54, 1.807) is 12.3 Å². The van der Waals surface area contributed by atoms with Crippen molar-refractivity contribution in [3.63, 3.8) is 0 Å². The fraction of sp³-hybridized carbons (Fsp3) is 0.250. The number of hydrogen-bond acceptors (Lipinski definition) is 2. The van der Waals surface area contributed by atoms with Crippen LogP contribution in [0.25, 0.3) is 0 Å². The fourth-order valence-corrected chi connectivity index (χ4v) is 1.57. The maximum absolute atomic E-state index is 13.3. The standard InChI is InChI=1S/C12H13F2N3/c1-8-10(7-16-17-8)6-15-5-9-3-2-4-11(13)12(9)14/h2-4,7,15H,5-6H2,1H3,(H,16,17). The van der Waals surface area contributed by atoms with Gasteiger partial charge in [0.25, 0.3) is 0 Å². The van der Waals surface area contributed by atoms with Gasteiger partial charge in [0.15, 0.2) is 11.6 Å². The Balaban J connectivity index is 1.95. The van der Waals surface area contributed by atoms with Crippen molar-refractivity contribution in [2.24, 2.45) is 0 Å². The summed E-state index contributed by atoms with van der Waals surface area (Å²) >= 11 is 0. The third-order valence-electron chi connectivity index (χ3n) is 2.60. The first-order chi connectivity index (χ1) is 8.18. The number of H-pyrrole nitrogens is 1. The van der Waals surface area contributed by atoms with Crippen LogP contribution in [0, 0.1) is 18.6 Å². The Kier molecular flexibility index (Phi) is 3.49. The molecule has 0 unspecified atom stereocenters. The summed E-state index contributed by atoms with van der Waals surface area (Å²) in [5.74, 6) is -1.60. The number of rotatable bonds is 4. The van der Waals surface area contributed by atoms with Gasteiger partial charge in [-0.05, 0) is 13.0 Å². The van der Waals surface area contributed by atoms with Crippen molar-refractivity contribution in [1.29, 1.82) is 0 Å². The zero-order valence-corrected chi connectivity index (χ0v) is 9.43. The van der Waals surface area contributed by atoms with Crippen LogP contribution in [0.3, 0.4) is 0 Å². The number of hydrogen-bond donors (Lipinski definition) is 2. The van der Waals surface area contributed by atoms with Crippen molar-refractivity contribution in [2.75, 3.05) is 0 Å². The van der Waals surface area contributed by atoms with Gasteiger partial charge in [0.05, 0.1) is 6.20 Å². The highest BCUT2D eigenvalue weighted by molar-refractivity contribution is 5.19. The summed E-state index contributed by atoms with van der Waals surface area (Å²) in [5.41, 5.74) is 2.31. The largest absolute Gasteiger partial charge is 0.308 e. The number of benzene rings is 1. The second-order valence-electron chi connectivity index (χ2n) is 3.84. The van der Waals surface area contributed by atoms with E-state index in [1.807, 2.05) is 6.92 Å². The van der Waals surface area contributed by atoms with Crippen molar-refractivity contribution in [3.8, 4) is 0 Å². The summed E-state index contributed by atoms with van der Waals surface area (Å²) in [4.78, 5) is 0. The molecular formula is C12H13F2N3. The molecule has 0 amide bonds. The van der Waals surface area contributed by atoms with Gasteiger partial charge < -0.3 is 5.32 Å². The first kappa shape index (κ1) is 11.7. The van der Waals surface area contributed by atoms with Gasteiger partial charge in [0, 0.05) is 29.9 Å². The second kappa shape index (κ2) is 5.05. The molecule has 0 spiro atoms. The molecule has 0 atom stereocenters. The Bertz CT molecular complexity index is 508. The van der Waals surface area contributed by atoms with E-state index >= 15 is 0 Å². The van der Waals surface area contributed by atoms with Crippen LogP contribution in [0.2, 0.25) is 0 Å². The molecule has 0 saturated heterocycles. The molecule has 0 aliphatic rings. The van der Waals surface area contributed by atoms with Gasteiger partial charge in [0.2, 0.25) is 0 Å². The summed E-state index contributed by atoms with van der Waals surface area (Å²) in [6.07, 6.45) is 1.71. The van der Waals surface area contributed by atoms with Crippen LogP contribution in [-0.4, -0.2) is 10.2 Å². The van der Waals surface area contributed by atoms with Gasteiger partial charge in [-0.1, -0.05) is 12.1 Å². The minimum Gasteiger partial charge on any atom is -0.308 e. The van der Waals surface area contributed by atoms with E-state index in [9.17, 15) is 8.78 Å². The van der Waals surface area contributed by atoms with Crippen molar-refractivity contribution < 1.29 is 8.78 Å². The van der Waals surface area contributed by atoms with Gasteiger partial charge >= 0.3 is 0 Å². The van der Waals surface area contributed by atoms with E-state index in [0.29, 0.717) is 12.1 Å². The van der Waals surface area contributed by atoms with Crippen molar-refractivity contribution >= 4 is 0 Å². The number of aryl methyl sites for hydroxylation is 1. The molecule has 0 radical (unpaired) electrons. The van der Waals surface area contributed by atoms with Gasteiger partial charge in [-0.25, -0.2) is 8.78 Å². The number of aromatic nitrogens is 2. The Morgan fingerprint density at radius 2 is 2.00 bits per heavy atom. The predicted octanol–water partition coefficient (Wildman–Crippen LogP) is 2.29. The quantitative estimate of drug-likeness (QED) is 0.856. The summed E-state index contributed by atoms with van der Waals surface area (Å²) in [7, 11) is 0. The Labute approximate surface area is 97.9 Å². The lowest BCUT2D eigenvalue weighted by molar-refractivity contribution is 0.492.